The third-order valence-electron chi connectivity index (χ3n) is 4.52. The molecule has 2 atom stereocenters. The number of nitrogens with one attached hydrogen (secondary N) is 2. The minimum Gasteiger partial charge on any atom is -0.392 e. The van der Waals surface area contributed by atoms with Gasteiger partial charge in [0.05, 0.1) is 6.10 Å². The smallest absolute Gasteiger partial charge is 0.319 e. The number of anilines is 1. The Morgan fingerprint density at radius 2 is 2.04 bits per heavy atom. The van der Waals surface area contributed by atoms with Gasteiger partial charge in [-0.2, -0.15) is 0 Å². The Labute approximate surface area is 154 Å². The van der Waals surface area contributed by atoms with Gasteiger partial charge in [-0.05, 0) is 30.2 Å². The van der Waals surface area contributed by atoms with Crippen molar-refractivity contribution in [1.82, 2.24) is 10.2 Å². The van der Waals surface area contributed by atoms with Gasteiger partial charge in [0.25, 0.3) is 0 Å². The van der Waals surface area contributed by atoms with Gasteiger partial charge in [-0.15, -0.1) is 6.42 Å². The standard InChI is InChI=1S/C21H23N3O2/c1-2-16-9-6-10-18(11-16)23-21(26)22-13-19-12-20(25)15-24(19)14-17-7-4-3-5-8-17/h1,3-11,19-20,25H,12-15H2,(H2,22,23,26). The molecular formula is C21H23N3O2. The van der Waals surface area contributed by atoms with Gasteiger partial charge in [0, 0.05) is 36.9 Å². The van der Waals surface area contributed by atoms with Crippen LogP contribution in [0.2, 0.25) is 0 Å². The fourth-order valence-electron chi connectivity index (χ4n) is 3.25. The van der Waals surface area contributed by atoms with Crippen LogP contribution >= 0.6 is 0 Å². The van der Waals surface area contributed by atoms with Gasteiger partial charge >= 0.3 is 6.03 Å². The van der Waals surface area contributed by atoms with E-state index in [1.165, 1.54) is 5.56 Å². The average Bonchev–Trinajstić information content (AvgIpc) is 3.00. The number of β-amino-alcohol motifs (C(OH)–C–C–N with tert-alkyl or cyclic N) is 1. The zero-order valence-electron chi connectivity index (χ0n) is 14.6. The predicted octanol–water partition coefficient (Wildman–Crippen LogP) is 2.42. The maximum absolute atomic E-state index is 12.2. The highest BCUT2D eigenvalue weighted by molar-refractivity contribution is 5.89. The van der Waals surface area contributed by atoms with E-state index < -0.39 is 0 Å². The summed E-state index contributed by atoms with van der Waals surface area (Å²) in [4.78, 5) is 14.4. The molecule has 0 bridgehead atoms. The molecule has 2 unspecified atom stereocenters. The van der Waals surface area contributed by atoms with Crippen LogP contribution < -0.4 is 10.6 Å². The van der Waals surface area contributed by atoms with Crippen LogP contribution in [-0.2, 0) is 6.54 Å². The van der Waals surface area contributed by atoms with E-state index in [2.05, 4.69) is 33.6 Å². The van der Waals surface area contributed by atoms with Crippen molar-refractivity contribution < 1.29 is 9.90 Å². The quantitative estimate of drug-likeness (QED) is 0.727. The molecule has 0 aliphatic carbocycles. The molecule has 2 aromatic carbocycles. The topological polar surface area (TPSA) is 64.6 Å². The molecule has 3 rings (SSSR count). The molecule has 2 aromatic rings. The molecule has 3 N–H and O–H groups in total. The monoisotopic (exact) mass is 349 g/mol. The van der Waals surface area contributed by atoms with Gasteiger partial charge in [0.15, 0.2) is 0 Å². The Balaban J connectivity index is 1.53. The first kappa shape index (κ1) is 18.0. The van der Waals surface area contributed by atoms with Crippen LogP contribution in [0.5, 0.6) is 0 Å². The van der Waals surface area contributed by atoms with E-state index in [1.807, 2.05) is 24.3 Å². The molecule has 0 saturated carbocycles. The lowest BCUT2D eigenvalue weighted by Crippen LogP contribution is -2.41. The van der Waals surface area contributed by atoms with Crippen molar-refractivity contribution in [3.05, 3.63) is 65.7 Å². The zero-order valence-corrected chi connectivity index (χ0v) is 14.6. The molecule has 2 amide bonds. The number of aliphatic hydroxyl groups excluding tert-OH is 1. The van der Waals surface area contributed by atoms with Crippen LogP contribution in [0.4, 0.5) is 10.5 Å². The zero-order chi connectivity index (χ0) is 18.4. The Bertz CT molecular complexity index is 785. The summed E-state index contributed by atoms with van der Waals surface area (Å²) >= 11 is 0. The summed E-state index contributed by atoms with van der Waals surface area (Å²) in [6, 6.07) is 17.1. The van der Waals surface area contributed by atoms with Crippen LogP contribution in [0, 0.1) is 12.3 Å². The number of benzene rings is 2. The van der Waals surface area contributed by atoms with Gasteiger partial charge < -0.3 is 15.7 Å². The summed E-state index contributed by atoms with van der Waals surface area (Å²) in [5.41, 5.74) is 2.57. The lowest BCUT2D eigenvalue weighted by Gasteiger charge is -2.24. The molecule has 0 radical (unpaired) electrons. The molecule has 1 heterocycles. The first-order chi connectivity index (χ1) is 12.6. The molecule has 0 aromatic heterocycles. The van der Waals surface area contributed by atoms with Crippen LogP contribution in [-0.4, -0.2) is 41.3 Å². The largest absolute Gasteiger partial charge is 0.392 e. The highest BCUT2D eigenvalue weighted by Crippen LogP contribution is 2.20. The molecule has 5 nitrogen and oxygen atoms in total. The summed E-state index contributed by atoms with van der Waals surface area (Å²) in [6.45, 7) is 1.85. The Morgan fingerprint density at radius 3 is 2.81 bits per heavy atom. The number of aliphatic hydroxyl groups is 1. The van der Waals surface area contributed by atoms with Crippen LogP contribution in [0.25, 0.3) is 0 Å². The highest BCUT2D eigenvalue weighted by Gasteiger charge is 2.30. The number of hydrogen-bond donors (Lipinski definition) is 3. The number of terminal acetylenes is 1. The maximum Gasteiger partial charge on any atom is 0.319 e. The fraction of sp³-hybridized carbons (Fsp3) is 0.286. The van der Waals surface area contributed by atoms with Crippen molar-refractivity contribution in [2.45, 2.75) is 25.1 Å². The summed E-state index contributed by atoms with van der Waals surface area (Å²) in [6.07, 6.45) is 5.67. The van der Waals surface area contributed by atoms with Crippen molar-refractivity contribution in [3.63, 3.8) is 0 Å². The molecule has 1 aliphatic heterocycles. The van der Waals surface area contributed by atoms with E-state index in [-0.39, 0.29) is 18.2 Å². The molecule has 5 heteroatoms. The van der Waals surface area contributed by atoms with E-state index in [1.54, 1.807) is 18.2 Å². The van der Waals surface area contributed by atoms with E-state index in [4.69, 9.17) is 6.42 Å². The molecule has 0 spiro atoms. The van der Waals surface area contributed by atoms with E-state index in [0.29, 0.717) is 25.2 Å². The number of nitrogens with zero attached hydrogens (tertiary/aromatic N) is 1. The van der Waals surface area contributed by atoms with E-state index in [9.17, 15) is 9.90 Å². The molecule has 1 saturated heterocycles. The lowest BCUT2D eigenvalue weighted by atomic mass is 10.1. The summed E-state index contributed by atoms with van der Waals surface area (Å²) in [5.74, 6) is 2.55. The number of rotatable bonds is 5. The second-order valence-electron chi connectivity index (χ2n) is 6.52. The van der Waals surface area contributed by atoms with Crippen LogP contribution in [0.15, 0.2) is 54.6 Å². The number of hydrogen-bond acceptors (Lipinski definition) is 3. The van der Waals surface area contributed by atoms with Crippen molar-refractivity contribution in [3.8, 4) is 12.3 Å². The highest BCUT2D eigenvalue weighted by atomic mass is 16.3. The number of amides is 2. The van der Waals surface area contributed by atoms with Crippen LogP contribution in [0.3, 0.4) is 0 Å². The molecule has 134 valence electrons. The van der Waals surface area contributed by atoms with Crippen molar-refractivity contribution in [2.24, 2.45) is 0 Å². The maximum atomic E-state index is 12.2. The van der Waals surface area contributed by atoms with Gasteiger partial charge in [-0.1, -0.05) is 42.3 Å². The van der Waals surface area contributed by atoms with E-state index in [0.717, 1.165) is 12.1 Å². The molecule has 26 heavy (non-hydrogen) atoms. The van der Waals surface area contributed by atoms with Crippen LogP contribution in [0.1, 0.15) is 17.5 Å². The fourth-order valence-corrected chi connectivity index (χ4v) is 3.25. The normalized spacial score (nSPS) is 19.7. The van der Waals surface area contributed by atoms with Crippen molar-refractivity contribution in [2.75, 3.05) is 18.4 Å². The molecule has 1 fully saturated rings. The minimum atomic E-state index is -0.360. The first-order valence-corrected chi connectivity index (χ1v) is 8.71. The predicted molar refractivity (Wildman–Crippen MR) is 103 cm³/mol. The van der Waals surface area contributed by atoms with Gasteiger partial charge in [0.2, 0.25) is 0 Å². The third kappa shape index (κ3) is 4.85. The van der Waals surface area contributed by atoms with Crippen molar-refractivity contribution >= 4 is 11.7 Å². The molecular weight excluding hydrogens is 326 g/mol. The van der Waals surface area contributed by atoms with Gasteiger partial charge in [-0.3, -0.25) is 4.90 Å². The average molecular weight is 349 g/mol. The lowest BCUT2D eigenvalue weighted by molar-refractivity contribution is 0.172. The third-order valence-corrected chi connectivity index (χ3v) is 4.52. The Morgan fingerprint density at radius 1 is 1.23 bits per heavy atom. The second-order valence-corrected chi connectivity index (χ2v) is 6.52. The molecule has 1 aliphatic rings. The second kappa shape index (κ2) is 8.52. The summed E-state index contributed by atoms with van der Waals surface area (Å²) in [5, 5.41) is 15.7. The number of carbonyl (C=O) groups is 1. The first-order valence-electron chi connectivity index (χ1n) is 8.71. The van der Waals surface area contributed by atoms with Gasteiger partial charge in [-0.25, -0.2) is 4.79 Å². The van der Waals surface area contributed by atoms with E-state index >= 15 is 0 Å². The number of carbonyl (C=O) groups excluding carboxylic acids is 1. The Hall–Kier alpha value is -2.81. The Kier molecular flexibility index (Phi) is 5.90. The number of likely N-dealkylation sites (tertiary alicyclic amines) is 1. The van der Waals surface area contributed by atoms with Crippen molar-refractivity contribution in [1.29, 1.82) is 0 Å². The minimum absolute atomic E-state index is 0.105. The summed E-state index contributed by atoms with van der Waals surface area (Å²) in [7, 11) is 0. The summed E-state index contributed by atoms with van der Waals surface area (Å²) < 4.78 is 0. The SMILES string of the molecule is C#Cc1cccc(NC(=O)NCC2CC(O)CN2Cc2ccccc2)c1. The van der Waals surface area contributed by atoms with Gasteiger partial charge in [0.1, 0.15) is 0 Å². The number of urea groups is 1.